The maximum absolute atomic E-state index is 11.6. The Hall–Kier alpha value is -2.88. The highest BCUT2D eigenvalue weighted by Gasteiger charge is 2.04. The third-order valence-corrected chi connectivity index (χ3v) is 3.33. The Balaban J connectivity index is 1.75. The van der Waals surface area contributed by atoms with Gasteiger partial charge in [-0.25, -0.2) is 9.78 Å². The van der Waals surface area contributed by atoms with Crippen molar-refractivity contribution in [2.45, 2.75) is 6.92 Å². The molecule has 0 radical (unpaired) electrons. The quantitative estimate of drug-likeness (QED) is 0.586. The Kier molecular flexibility index (Phi) is 4.01. The first-order valence-corrected chi connectivity index (χ1v) is 7.14. The Morgan fingerprint density at radius 1 is 1.14 bits per heavy atom. The van der Waals surface area contributed by atoms with E-state index in [1.807, 2.05) is 42.5 Å². The van der Waals surface area contributed by atoms with E-state index in [1.54, 1.807) is 25.4 Å². The van der Waals surface area contributed by atoms with E-state index in [-0.39, 0.29) is 5.97 Å². The number of rotatable bonds is 4. The molecule has 0 aliphatic carbocycles. The number of fused-ring (bicyclic) bond motifs is 1. The third-order valence-electron chi connectivity index (χ3n) is 3.33. The number of hydrogen-bond donors (Lipinski definition) is 1. The molecule has 1 N–H and O–H groups in total. The molecule has 0 saturated carbocycles. The lowest BCUT2D eigenvalue weighted by Crippen LogP contribution is -2.03. The maximum Gasteiger partial charge on any atom is 0.338 e. The Morgan fingerprint density at radius 2 is 1.86 bits per heavy atom. The summed E-state index contributed by atoms with van der Waals surface area (Å²) in [5, 5.41) is 0. The maximum atomic E-state index is 11.6. The molecule has 0 unspecified atom stereocenters. The summed E-state index contributed by atoms with van der Waals surface area (Å²) >= 11 is 0. The lowest BCUT2D eigenvalue weighted by Gasteiger charge is -2.01. The fourth-order valence-electron chi connectivity index (χ4n) is 2.19. The van der Waals surface area contributed by atoms with Gasteiger partial charge in [0.05, 0.1) is 29.5 Å². The summed E-state index contributed by atoms with van der Waals surface area (Å²) in [5.74, 6) is -0.289. The van der Waals surface area contributed by atoms with Gasteiger partial charge in [0.2, 0.25) is 0 Å². The van der Waals surface area contributed by atoms with Gasteiger partial charge >= 0.3 is 5.97 Å². The molecule has 22 heavy (non-hydrogen) atoms. The van der Waals surface area contributed by atoms with Crippen LogP contribution in [-0.2, 0) is 4.74 Å². The van der Waals surface area contributed by atoms with Crippen molar-refractivity contribution in [3.63, 3.8) is 0 Å². The van der Waals surface area contributed by atoms with Gasteiger partial charge in [-0.2, -0.15) is 0 Å². The Morgan fingerprint density at radius 3 is 2.64 bits per heavy atom. The SMILES string of the molecule is CCOC(=O)c1ccc(/C=C/c2ccc3nc[nH]c3c2)cc1. The van der Waals surface area contributed by atoms with Gasteiger partial charge in [0.25, 0.3) is 0 Å². The zero-order chi connectivity index (χ0) is 15.4. The van der Waals surface area contributed by atoms with Gasteiger partial charge in [0, 0.05) is 0 Å². The molecule has 1 heterocycles. The van der Waals surface area contributed by atoms with Crippen molar-refractivity contribution in [3.8, 4) is 0 Å². The zero-order valence-corrected chi connectivity index (χ0v) is 12.2. The van der Waals surface area contributed by atoms with Gasteiger partial charge in [0.15, 0.2) is 0 Å². The van der Waals surface area contributed by atoms with Crippen LogP contribution in [0.2, 0.25) is 0 Å². The molecule has 0 atom stereocenters. The van der Waals surface area contributed by atoms with Crippen molar-refractivity contribution in [2.75, 3.05) is 6.61 Å². The van der Waals surface area contributed by atoms with Crippen molar-refractivity contribution < 1.29 is 9.53 Å². The minimum absolute atomic E-state index is 0.289. The number of ether oxygens (including phenoxy) is 1. The molecule has 1 aromatic heterocycles. The van der Waals surface area contributed by atoms with Crippen LogP contribution in [0.25, 0.3) is 23.2 Å². The highest BCUT2D eigenvalue weighted by Crippen LogP contribution is 2.15. The number of carbonyl (C=O) groups excluding carboxylic acids is 1. The van der Waals surface area contributed by atoms with E-state index >= 15 is 0 Å². The van der Waals surface area contributed by atoms with Crippen LogP contribution in [0.3, 0.4) is 0 Å². The number of carbonyl (C=O) groups is 1. The van der Waals surface area contributed by atoms with Gasteiger partial charge in [-0.1, -0.05) is 30.4 Å². The van der Waals surface area contributed by atoms with E-state index in [4.69, 9.17) is 4.74 Å². The average molecular weight is 292 g/mol. The topological polar surface area (TPSA) is 55.0 Å². The largest absolute Gasteiger partial charge is 0.462 e. The van der Waals surface area contributed by atoms with E-state index in [9.17, 15) is 4.79 Å². The minimum atomic E-state index is -0.289. The molecule has 0 spiro atoms. The standard InChI is InChI=1S/C18H16N2O2/c1-2-22-18(21)15-8-5-13(6-9-15)3-4-14-7-10-16-17(11-14)20-12-19-16/h3-12H,2H2,1H3,(H,19,20)/b4-3+. The first kappa shape index (κ1) is 14.1. The van der Waals surface area contributed by atoms with Gasteiger partial charge in [-0.05, 0) is 42.3 Å². The molecule has 0 saturated heterocycles. The normalized spacial score (nSPS) is 11.1. The fraction of sp³-hybridized carbons (Fsp3) is 0.111. The average Bonchev–Trinajstić information content (AvgIpc) is 3.01. The minimum Gasteiger partial charge on any atom is -0.462 e. The van der Waals surface area contributed by atoms with Gasteiger partial charge in [0.1, 0.15) is 0 Å². The highest BCUT2D eigenvalue weighted by atomic mass is 16.5. The lowest BCUT2D eigenvalue weighted by atomic mass is 10.1. The molecule has 4 nitrogen and oxygen atoms in total. The number of nitrogens with zero attached hydrogens (tertiary/aromatic N) is 1. The number of aromatic amines is 1. The molecule has 0 aliphatic heterocycles. The second-order valence-electron chi connectivity index (χ2n) is 4.85. The third kappa shape index (κ3) is 3.06. The van der Waals surface area contributed by atoms with Crippen molar-refractivity contribution in [3.05, 3.63) is 65.5 Å². The molecular weight excluding hydrogens is 276 g/mol. The molecule has 0 aliphatic rings. The number of benzene rings is 2. The number of aromatic nitrogens is 2. The van der Waals surface area contributed by atoms with Crippen molar-refractivity contribution in [2.24, 2.45) is 0 Å². The second kappa shape index (κ2) is 6.26. The molecule has 0 bridgehead atoms. The number of hydrogen-bond acceptors (Lipinski definition) is 3. The van der Waals surface area contributed by atoms with Gasteiger partial charge in [-0.3, -0.25) is 0 Å². The molecule has 110 valence electrons. The summed E-state index contributed by atoms with van der Waals surface area (Å²) in [6, 6.07) is 13.4. The Bertz CT molecular complexity index is 816. The number of imidazole rings is 1. The van der Waals surface area contributed by atoms with Crippen molar-refractivity contribution in [1.82, 2.24) is 9.97 Å². The smallest absolute Gasteiger partial charge is 0.338 e. The Labute approximate surface area is 128 Å². The second-order valence-corrected chi connectivity index (χ2v) is 4.85. The van der Waals surface area contributed by atoms with E-state index in [1.165, 1.54) is 0 Å². The van der Waals surface area contributed by atoms with Crippen molar-refractivity contribution in [1.29, 1.82) is 0 Å². The molecule has 3 rings (SSSR count). The van der Waals surface area contributed by atoms with Crippen LogP contribution >= 0.6 is 0 Å². The van der Waals surface area contributed by atoms with Gasteiger partial charge in [-0.15, -0.1) is 0 Å². The summed E-state index contributed by atoms with van der Waals surface area (Å²) in [5.41, 5.74) is 4.65. The van der Waals surface area contributed by atoms with Crippen LogP contribution in [-0.4, -0.2) is 22.5 Å². The van der Waals surface area contributed by atoms with Crippen LogP contribution in [0.4, 0.5) is 0 Å². The van der Waals surface area contributed by atoms with E-state index in [2.05, 4.69) is 9.97 Å². The fourth-order valence-corrected chi connectivity index (χ4v) is 2.19. The molecular formula is C18H16N2O2. The van der Waals surface area contributed by atoms with Crippen LogP contribution in [0.1, 0.15) is 28.4 Å². The molecule has 0 fully saturated rings. The number of H-pyrrole nitrogens is 1. The first-order valence-electron chi connectivity index (χ1n) is 7.14. The summed E-state index contributed by atoms with van der Waals surface area (Å²) in [7, 11) is 0. The summed E-state index contributed by atoms with van der Waals surface area (Å²) < 4.78 is 4.96. The summed E-state index contributed by atoms with van der Waals surface area (Å²) in [6.45, 7) is 2.18. The van der Waals surface area contributed by atoms with Crippen LogP contribution in [0.5, 0.6) is 0 Å². The van der Waals surface area contributed by atoms with Crippen LogP contribution in [0.15, 0.2) is 48.8 Å². The number of esters is 1. The van der Waals surface area contributed by atoms with Crippen LogP contribution in [0, 0.1) is 0 Å². The van der Waals surface area contributed by atoms with E-state index in [0.717, 1.165) is 22.2 Å². The lowest BCUT2D eigenvalue weighted by molar-refractivity contribution is 0.0526. The molecule has 3 aromatic rings. The molecule has 2 aromatic carbocycles. The van der Waals surface area contributed by atoms with Gasteiger partial charge < -0.3 is 9.72 Å². The highest BCUT2D eigenvalue weighted by molar-refractivity contribution is 5.89. The molecule has 4 heteroatoms. The monoisotopic (exact) mass is 292 g/mol. The first-order chi connectivity index (χ1) is 10.8. The van der Waals surface area contributed by atoms with E-state index in [0.29, 0.717) is 12.2 Å². The number of nitrogens with one attached hydrogen (secondary N) is 1. The van der Waals surface area contributed by atoms with Crippen molar-refractivity contribution >= 4 is 29.2 Å². The summed E-state index contributed by atoms with van der Waals surface area (Å²) in [6.07, 6.45) is 5.72. The van der Waals surface area contributed by atoms with Crippen LogP contribution < -0.4 is 0 Å². The van der Waals surface area contributed by atoms with E-state index < -0.39 is 0 Å². The predicted molar refractivity (Wildman–Crippen MR) is 87.4 cm³/mol. The predicted octanol–water partition coefficient (Wildman–Crippen LogP) is 3.91. The summed E-state index contributed by atoms with van der Waals surface area (Å²) in [4.78, 5) is 18.9. The molecule has 0 amide bonds. The zero-order valence-electron chi connectivity index (χ0n) is 12.2.